The molecule has 0 saturated heterocycles. The van der Waals surface area contributed by atoms with Gasteiger partial charge in [0.2, 0.25) is 10.0 Å². The first-order chi connectivity index (χ1) is 9.45. The van der Waals surface area contributed by atoms with Gasteiger partial charge >= 0.3 is 5.97 Å². The highest BCUT2D eigenvalue weighted by molar-refractivity contribution is 7.89. The maximum atomic E-state index is 12.2. The number of halogens is 1. The normalized spacial score (nSPS) is 14.0. The molecule has 21 heavy (non-hydrogen) atoms. The van der Waals surface area contributed by atoms with Crippen molar-refractivity contribution in [2.45, 2.75) is 32.6 Å². The number of carboxylic acids is 1. The highest BCUT2D eigenvalue weighted by atomic mass is 35.5. The van der Waals surface area contributed by atoms with Crippen molar-refractivity contribution in [1.82, 2.24) is 4.72 Å². The second-order valence-corrected chi connectivity index (χ2v) is 8.24. The van der Waals surface area contributed by atoms with Crippen molar-refractivity contribution in [1.29, 1.82) is 0 Å². The van der Waals surface area contributed by atoms with Gasteiger partial charge in [-0.25, -0.2) is 17.9 Å². The number of carboxylic acid groups (broad SMARTS) is 1. The molecule has 0 aliphatic rings. The van der Waals surface area contributed by atoms with Crippen molar-refractivity contribution in [3.8, 4) is 0 Å². The van der Waals surface area contributed by atoms with E-state index in [2.05, 4.69) is 4.72 Å². The number of rotatable bonds is 5. The van der Waals surface area contributed by atoms with E-state index in [9.17, 15) is 13.2 Å². The van der Waals surface area contributed by atoms with E-state index in [4.69, 9.17) is 16.7 Å². The van der Waals surface area contributed by atoms with E-state index in [-0.39, 0.29) is 26.8 Å². The Bertz CT molecular complexity index is 635. The molecule has 5 nitrogen and oxygen atoms in total. The molecule has 0 aliphatic heterocycles. The van der Waals surface area contributed by atoms with Crippen LogP contribution >= 0.6 is 11.6 Å². The van der Waals surface area contributed by atoms with Crippen molar-refractivity contribution in [2.75, 3.05) is 6.54 Å². The van der Waals surface area contributed by atoms with Gasteiger partial charge in [0.25, 0.3) is 0 Å². The van der Waals surface area contributed by atoms with E-state index in [1.54, 1.807) is 0 Å². The Balaban J connectivity index is 2.94. The van der Waals surface area contributed by atoms with E-state index in [0.29, 0.717) is 6.54 Å². The van der Waals surface area contributed by atoms with Gasteiger partial charge in [0.05, 0.1) is 15.5 Å². The zero-order valence-corrected chi connectivity index (χ0v) is 14.0. The summed E-state index contributed by atoms with van der Waals surface area (Å²) in [7, 11) is -3.71. The number of nitrogens with one attached hydrogen (secondary N) is 1. The summed E-state index contributed by atoms with van der Waals surface area (Å²) in [6.07, 6.45) is 0. The zero-order valence-electron chi connectivity index (χ0n) is 12.5. The summed E-state index contributed by atoms with van der Waals surface area (Å²) in [4.78, 5) is 10.8. The van der Waals surface area contributed by atoms with Crippen LogP contribution in [0.2, 0.25) is 5.02 Å². The van der Waals surface area contributed by atoms with Crippen molar-refractivity contribution in [2.24, 2.45) is 11.3 Å². The molecule has 0 fully saturated rings. The Morgan fingerprint density at radius 1 is 1.38 bits per heavy atom. The number of carbonyl (C=O) groups is 1. The summed E-state index contributed by atoms with van der Waals surface area (Å²) in [5.74, 6) is -1.06. The van der Waals surface area contributed by atoms with Gasteiger partial charge in [0.15, 0.2) is 0 Å². The van der Waals surface area contributed by atoms with Gasteiger partial charge in [0.1, 0.15) is 0 Å². The molecular formula is C14H20ClNO4S. The lowest BCUT2D eigenvalue weighted by atomic mass is 9.82. The van der Waals surface area contributed by atoms with E-state index >= 15 is 0 Å². The summed E-state index contributed by atoms with van der Waals surface area (Å²) >= 11 is 5.79. The zero-order chi connectivity index (χ0) is 16.4. The number of sulfonamides is 1. The van der Waals surface area contributed by atoms with Gasteiger partial charge in [0, 0.05) is 6.54 Å². The minimum absolute atomic E-state index is 0.0205. The van der Waals surface area contributed by atoms with Crippen molar-refractivity contribution < 1.29 is 18.3 Å². The van der Waals surface area contributed by atoms with Crippen LogP contribution in [0, 0.1) is 11.3 Å². The van der Waals surface area contributed by atoms with Crippen LogP contribution in [-0.2, 0) is 10.0 Å². The second kappa shape index (κ2) is 6.34. The smallest absolute Gasteiger partial charge is 0.337 e. The van der Waals surface area contributed by atoms with Crippen LogP contribution in [0.25, 0.3) is 0 Å². The van der Waals surface area contributed by atoms with Crippen LogP contribution in [0.3, 0.4) is 0 Å². The molecule has 118 valence electrons. The lowest BCUT2D eigenvalue weighted by molar-refractivity contribution is 0.0697. The fourth-order valence-electron chi connectivity index (χ4n) is 1.46. The molecule has 1 rings (SSSR count). The Morgan fingerprint density at radius 3 is 2.38 bits per heavy atom. The second-order valence-electron chi connectivity index (χ2n) is 6.07. The van der Waals surface area contributed by atoms with Crippen LogP contribution in [0.1, 0.15) is 38.1 Å². The van der Waals surface area contributed by atoms with Crippen LogP contribution in [0.5, 0.6) is 0 Å². The maximum absolute atomic E-state index is 12.2. The molecule has 1 aromatic rings. The standard InChI is InChI=1S/C14H20ClNO4S/c1-9(14(2,3)4)8-16-21(19,20)10-5-6-11(13(17)18)12(15)7-10/h5-7,9,16H,8H2,1-4H3,(H,17,18). The lowest BCUT2D eigenvalue weighted by Gasteiger charge is -2.27. The largest absolute Gasteiger partial charge is 0.478 e. The average Bonchev–Trinajstić information content (AvgIpc) is 2.34. The molecule has 0 saturated carbocycles. The molecule has 0 aliphatic carbocycles. The van der Waals surface area contributed by atoms with E-state index in [1.165, 1.54) is 12.1 Å². The van der Waals surface area contributed by atoms with Crippen LogP contribution in [0.15, 0.2) is 23.1 Å². The van der Waals surface area contributed by atoms with Gasteiger partial charge < -0.3 is 5.11 Å². The van der Waals surface area contributed by atoms with Gasteiger partial charge in [-0.05, 0) is 29.5 Å². The Morgan fingerprint density at radius 2 is 1.95 bits per heavy atom. The SMILES string of the molecule is CC(CNS(=O)(=O)c1ccc(C(=O)O)c(Cl)c1)C(C)(C)C. The highest BCUT2D eigenvalue weighted by Gasteiger charge is 2.23. The molecule has 0 spiro atoms. The first-order valence-corrected chi connectivity index (χ1v) is 8.34. The van der Waals surface area contributed by atoms with Gasteiger partial charge in [-0.3, -0.25) is 0 Å². The molecule has 1 aromatic carbocycles. The molecule has 2 N–H and O–H groups in total. The number of benzene rings is 1. The minimum atomic E-state index is -3.71. The molecule has 7 heteroatoms. The predicted molar refractivity (Wildman–Crippen MR) is 82.2 cm³/mol. The van der Waals surface area contributed by atoms with Gasteiger partial charge in [-0.15, -0.1) is 0 Å². The van der Waals surface area contributed by atoms with Crippen molar-refractivity contribution in [3.63, 3.8) is 0 Å². The molecule has 1 atom stereocenters. The van der Waals surface area contributed by atoms with Crippen LogP contribution in [-0.4, -0.2) is 26.0 Å². The fraction of sp³-hybridized carbons (Fsp3) is 0.500. The van der Waals surface area contributed by atoms with E-state index in [0.717, 1.165) is 6.07 Å². The fourth-order valence-corrected chi connectivity index (χ4v) is 2.94. The summed E-state index contributed by atoms with van der Waals surface area (Å²) < 4.78 is 26.9. The average molecular weight is 334 g/mol. The third kappa shape index (κ3) is 4.69. The predicted octanol–water partition coefficient (Wildman–Crippen LogP) is 3.00. The van der Waals surface area contributed by atoms with Gasteiger partial charge in [-0.1, -0.05) is 39.3 Å². The quantitative estimate of drug-likeness (QED) is 0.867. The number of hydrogen-bond donors (Lipinski definition) is 2. The lowest BCUT2D eigenvalue weighted by Crippen LogP contribution is -2.33. The summed E-state index contributed by atoms with van der Waals surface area (Å²) in [5.41, 5.74) is -0.147. The summed E-state index contributed by atoms with van der Waals surface area (Å²) in [6, 6.07) is 3.57. The van der Waals surface area contributed by atoms with Crippen LogP contribution in [0.4, 0.5) is 0 Å². The highest BCUT2D eigenvalue weighted by Crippen LogP contribution is 2.25. The Kier molecular flexibility index (Phi) is 5.41. The van der Waals surface area contributed by atoms with E-state index < -0.39 is 16.0 Å². The molecule has 0 heterocycles. The Labute approximate surface area is 130 Å². The maximum Gasteiger partial charge on any atom is 0.337 e. The summed E-state index contributed by atoms with van der Waals surface area (Å²) in [6.45, 7) is 8.35. The molecular weight excluding hydrogens is 314 g/mol. The van der Waals surface area contributed by atoms with Crippen molar-refractivity contribution in [3.05, 3.63) is 28.8 Å². The number of hydrogen-bond acceptors (Lipinski definition) is 3. The van der Waals surface area contributed by atoms with E-state index in [1.807, 2.05) is 27.7 Å². The number of aromatic carboxylic acids is 1. The van der Waals surface area contributed by atoms with Crippen LogP contribution < -0.4 is 4.72 Å². The third-order valence-corrected chi connectivity index (χ3v) is 5.27. The molecule has 0 radical (unpaired) electrons. The topological polar surface area (TPSA) is 83.5 Å². The molecule has 1 unspecified atom stereocenters. The minimum Gasteiger partial charge on any atom is -0.478 e. The van der Waals surface area contributed by atoms with Gasteiger partial charge in [-0.2, -0.15) is 0 Å². The Hall–Kier alpha value is -1.11. The molecule has 0 bridgehead atoms. The summed E-state index contributed by atoms with van der Waals surface area (Å²) in [5, 5.41) is 8.77. The van der Waals surface area contributed by atoms with Crippen molar-refractivity contribution >= 4 is 27.6 Å². The molecule has 0 amide bonds. The monoisotopic (exact) mass is 333 g/mol. The molecule has 0 aromatic heterocycles. The third-order valence-electron chi connectivity index (χ3n) is 3.54. The first-order valence-electron chi connectivity index (χ1n) is 6.47. The first kappa shape index (κ1) is 17.9.